The molecule has 2 atom stereocenters. The van der Waals surface area contributed by atoms with Crippen molar-refractivity contribution >= 4 is 29.1 Å². The Morgan fingerprint density at radius 1 is 1.21 bits per heavy atom. The van der Waals surface area contributed by atoms with Crippen LogP contribution in [0.3, 0.4) is 0 Å². The Labute approximate surface area is 202 Å². The molecule has 1 saturated heterocycles. The lowest BCUT2D eigenvalue weighted by Crippen LogP contribution is -2.53. The maximum Gasteiger partial charge on any atom is 0.416 e. The minimum Gasteiger partial charge on any atom is -0.465 e. The summed E-state index contributed by atoms with van der Waals surface area (Å²) in [5.74, 6) is -0.0572. The number of ether oxygens (including phenoxy) is 1. The number of piperazine rings is 1. The topological polar surface area (TPSA) is 44.8 Å². The molecule has 2 unspecified atom stereocenters. The molecule has 2 aliphatic heterocycles. The third-order valence-electron chi connectivity index (χ3n) is 6.28. The monoisotopic (exact) mass is 493 g/mol. The van der Waals surface area contributed by atoms with E-state index in [0.29, 0.717) is 25.4 Å². The van der Waals surface area contributed by atoms with Gasteiger partial charge in [0, 0.05) is 55.5 Å². The van der Waals surface area contributed by atoms with Gasteiger partial charge in [-0.05, 0) is 42.7 Å². The molecular weight excluding hydrogens is 463 g/mol. The molecule has 2 aromatic carbocycles. The average molecular weight is 494 g/mol. The summed E-state index contributed by atoms with van der Waals surface area (Å²) in [6.45, 7) is 7.81. The summed E-state index contributed by atoms with van der Waals surface area (Å²) in [5.41, 5.74) is 0.926. The number of nitrogens with one attached hydrogen (secondary N) is 1. The zero-order valence-electron chi connectivity index (χ0n) is 19.4. The van der Waals surface area contributed by atoms with Crippen molar-refractivity contribution < 1.29 is 22.7 Å². The lowest BCUT2D eigenvalue weighted by molar-refractivity contribution is -0.141. The first-order valence-electron chi connectivity index (χ1n) is 11.6. The first kappa shape index (κ1) is 24.9. The molecule has 0 spiro atoms. The SMILES string of the molecule is CC(=O)OCCN1CCNCC1CC(C)CN1c2ccccc2Sc2ccc(C(F)(F)F)cc21. The largest absolute Gasteiger partial charge is 0.465 e. The number of fused-ring (bicyclic) bond motifs is 2. The van der Waals surface area contributed by atoms with Gasteiger partial charge < -0.3 is 15.0 Å². The van der Waals surface area contributed by atoms with Gasteiger partial charge >= 0.3 is 12.1 Å². The van der Waals surface area contributed by atoms with Crippen LogP contribution < -0.4 is 10.2 Å². The van der Waals surface area contributed by atoms with Crippen molar-refractivity contribution in [1.82, 2.24) is 10.2 Å². The highest BCUT2D eigenvalue weighted by Gasteiger charge is 2.34. The molecule has 0 radical (unpaired) electrons. The molecule has 2 aliphatic rings. The van der Waals surface area contributed by atoms with Gasteiger partial charge in [-0.15, -0.1) is 0 Å². The normalized spacial score (nSPS) is 19.3. The van der Waals surface area contributed by atoms with Crippen molar-refractivity contribution in [3.63, 3.8) is 0 Å². The molecule has 4 rings (SSSR count). The van der Waals surface area contributed by atoms with Crippen LogP contribution in [0, 0.1) is 5.92 Å². The third kappa shape index (κ3) is 5.87. The van der Waals surface area contributed by atoms with E-state index in [4.69, 9.17) is 4.74 Å². The summed E-state index contributed by atoms with van der Waals surface area (Å²) in [4.78, 5) is 17.4. The van der Waals surface area contributed by atoms with E-state index in [1.54, 1.807) is 6.07 Å². The molecule has 0 bridgehead atoms. The summed E-state index contributed by atoms with van der Waals surface area (Å²) in [7, 11) is 0. The van der Waals surface area contributed by atoms with Gasteiger partial charge in [0.15, 0.2) is 0 Å². The number of hydrogen-bond acceptors (Lipinski definition) is 6. The standard InChI is InChI=1S/C25H30F3N3O2S/c1-17(13-20-15-29-9-10-30(20)11-12-33-18(2)32)16-31-21-5-3-4-6-23(21)34-24-8-7-19(14-22(24)31)25(26,27)28/h3-8,14,17,20,29H,9-13,15-16H2,1-2H3. The van der Waals surface area contributed by atoms with Gasteiger partial charge in [0.1, 0.15) is 6.61 Å². The highest BCUT2D eigenvalue weighted by molar-refractivity contribution is 7.99. The molecule has 0 aliphatic carbocycles. The van der Waals surface area contributed by atoms with Crippen molar-refractivity contribution in [2.24, 2.45) is 5.92 Å². The molecule has 2 aromatic rings. The second kappa shape index (κ2) is 10.6. The number of para-hydroxylation sites is 1. The Morgan fingerprint density at radius 2 is 1.97 bits per heavy atom. The van der Waals surface area contributed by atoms with Crippen LogP contribution in [0.15, 0.2) is 52.3 Å². The number of benzene rings is 2. The van der Waals surface area contributed by atoms with Gasteiger partial charge in [-0.2, -0.15) is 13.2 Å². The maximum atomic E-state index is 13.5. The molecule has 0 aromatic heterocycles. The van der Waals surface area contributed by atoms with Gasteiger partial charge in [0.05, 0.1) is 16.9 Å². The number of halogens is 3. The molecule has 34 heavy (non-hydrogen) atoms. The minimum absolute atomic E-state index is 0.222. The molecule has 5 nitrogen and oxygen atoms in total. The summed E-state index contributed by atoms with van der Waals surface area (Å²) in [6, 6.07) is 12.2. The van der Waals surface area contributed by atoms with Crippen LogP contribution >= 0.6 is 11.8 Å². The fourth-order valence-electron chi connectivity index (χ4n) is 4.69. The van der Waals surface area contributed by atoms with E-state index in [9.17, 15) is 18.0 Å². The summed E-state index contributed by atoms with van der Waals surface area (Å²) >= 11 is 1.51. The van der Waals surface area contributed by atoms with Gasteiger partial charge in [-0.25, -0.2) is 0 Å². The first-order valence-corrected chi connectivity index (χ1v) is 12.4. The quantitative estimate of drug-likeness (QED) is 0.537. The van der Waals surface area contributed by atoms with Crippen LogP contribution in [-0.2, 0) is 15.7 Å². The molecule has 1 fully saturated rings. The van der Waals surface area contributed by atoms with E-state index in [1.807, 2.05) is 29.2 Å². The van der Waals surface area contributed by atoms with Gasteiger partial charge in [-0.3, -0.25) is 9.69 Å². The van der Waals surface area contributed by atoms with E-state index in [0.717, 1.165) is 47.6 Å². The Kier molecular flexibility index (Phi) is 7.74. The Morgan fingerprint density at radius 3 is 2.74 bits per heavy atom. The van der Waals surface area contributed by atoms with E-state index in [2.05, 4.69) is 17.1 Å². The molecule has 0 saturated carbocycles. The van der Waals surface area contributed by atoms with Crippen molar-refractivity contribution in [3.8, 4) is 0 Å². The van der Waals surface area contributed by atoms with Crippen LogP contribution in [-0.4, -0.2) is 56.2 Å². The number of hydrogen-bond donors (Lipinski definition) is 1. The second-order valence-corrected chi connectivity index (χ2v) is 10.0. The van der Waals surface area contributed by atoms with Crippen LogP contribution in [0.2, 0.25) is 0 Å². The number of carbonyl (C=O) groups excluding carboxylic acids is 1. The Hall–Kier alpha value is -2.23. The molecule has 184 valence electrons. The number of anilines is 2. The predicted octanol–water partition coefficient (Wildman–Crippen LogP) is 5.17. The molecular formula is C25H30F3N3O2S. The smallest absolute Gasteiger partial charge is 0.416 e. The zero-order chi connectivity index (χ0) is 24.3. The van der Waals surface area contributed by atoms with E-state index in [1.165, 1.54) is 24.8 Å². The highest BCUT2D eigenvalue weighted by atomic mass is 32.2. The van der Waals surface area contributed by atoms with Crippen molar-refractivity contribution in [2.45, 2.75) is 42.3 Å². The van der Waals surface area contributed by atoms with E-state index >= 15 is 0 Å². The average Bonchev–Trinajstić information content (AvgIpc) is 2.79. The lowest BCUT2D eigenvalue weighted by Gasteiger charge is -2.39. The van der Waals surface area contributed by atoms with Crippen LogP contribution in [0.4, 0.5) is 24.5 Å². The number of esters is 1. The second-order valence-electron chi connectivity index (χ2n) is 8.94. The minimum atomic E-state index is -4.38. The Bertz CT molecular complexity index is 1020. The first-order chi connectivity index (χ1) is 16.2. The molecule has 0 amide bonds. The van der Waals surface area contributed by atoms with E-state index < -0.39 is 11.7 Å². The van der Waals surface area contributed by atoms with Crippen molar-refractivity contribution in [3.05, 3.63) is 48.0 Å². The third-order valence-corrected chi connectivity index (χ3v) is 7.41. The molecule has 9 heteroatoms. The fraction of sp³-hybridized carbons (Fsp3) is 0.480. The Balaban J connectivity index is 1.52. The highest BCUT2D eigenvalue weighted by Crippen LogP contribution is 2.49. The van der Waals surface area contributed by atoms with Crippen LogP contribution in [0.1, 0.15) is 25.8 Å². The lowest BCUT2D eigenvalue weighted by atomic mass is 9.97. The molecule has 1 N–H and O–H groups in total. The van der Waals surface area contributed by atoms with Crippen LogP contribution in [0.25, 0.3) is 0 Å². The van der Waals surface area contributed by atoms with Gasteiger partial charge in [0.2, 0.25) is 0 Å². The maximum absolute atomic E-state index is 13.5. The van der Waals surface area contributed by atoms with Gasteiger partial charge in [-0.1, -0.05) is 30.8 Å². The molecule has 2 heterocycles. The summed E-state index contributed by atoms with van der Waals surface area (Å²) < 4.78 is 45.6. The summed E-state index contributed by atoms with van der Waals surface area (Å²) in [6.07, 6.45) is -3.50. The number of alkyl halides is 3. The fourth-order valence-corrected chi connectivity index (χ4v) is 5.77. The number of carbonyl (C=O) groups is 1. The van der Waals surface area contributed by atoms with Gasteiger partial charge in [0.25, 0.3) is 0 Å². The van der Waals surface area contributed by atoms with Crippen LogP contribution in [0.5, 0.6) is 0 Å². The van der Waals surface area contributed by atoms with E-state index in [-0.39, 0.29) is 17.9 Å². The zero-order valence-corrected chi connectivity index (χ0v) is 20.2. The predicted molar refractivity (Wildman–Crippen MR) is 128 cm³/mol. The summed E-state index contributed by atoms with van der Waals surface area (Å²) in [5, 5.41) is 3.44. The van der Waals surface area contributed by atoms with Crippen molar-refractivity contribution in [2.75, 3.05) is 44.2 Å². The number of nitrogens with zero attached hydrogens (tertiary/aromatic N) is 2. The number of rotatable bonds is 7. The van der Waals surface area contributed by atoms with Crippen molar-refractivity contribution in [1.29, 1.82) is 0 Å².